The van der Waals surface area contributed by atoms with Crippen LogP contribution in [0.15, 0.2) is 18.2 Å². The van der Waals surface area contributed by atoms with Crippen LogP contribution >= 0.6 is 0 Å². The van der Waals surface area contributed by atoms with Gasteiger partial charge in [-0.1, -0.05) is 13.0 Å². The number of nitro benzene ring substituents is 1. The summed E-state index contributed by atoms with van der Waals surface area (Å²) < 4.78 is 0. The number of non-ortho nitro benzene ring substituents is 1. The van der Waals surface area contributed by atoms with Gasteiger partial charge in [-0.15, -0.1) is 0 Å². The summed E-state index contributed by atoms with van der Waals surface area (Å²) in [6.07, 6.45) is 2.00. The van der Waals surface area contributed by atoms with Crippen molar-refractivity contribution in [2.24, 2.45) is 5.92 Å². The first-order valence-electron chi connectivity index (χ1n) is 6.78. The average Bonchev–Trinajstić information content (AvgIpc) is 2.41. The number of carbonyl (C=O) groups excluding carboxylic acids is 1. The van der Waals surface area contributed by atoms with Crippen molar-refractivity contribution >= 4 is 17.4 Å². The topological polar surface area (TPSA) is 75.5 Å². The summed E-state index contributed by atoms with van der Waals surface area (Å²) in [5.74, 6) is 0.651. The number of aryl methyl sites for hydroxylation is 1. The van der Waals surface area contributed by atoms with Crippen molar-refractivity contribution in [3.8, 4) is 0 Å². The molecule has 1 aromatic carbocycles. The second kappa shape index (κ2) is 5.90. The van der Waals surface area contributed by atoms with Gasteiger partial charge in [0, 0.05) is 25.2 Å². The quantitative estimate of drug-likeness (QED) is 0.666. The maximum atomic E-state index is 12.2. The molecular formula is C14H19N3O3. The first-order valence-corrected chi connectivity index (χ1v) is 6.78. The Bertz CT molecular complexity index is 522. The van der Waals surface area contributed by atoms with Crippen molar-refractivity contribution in [1.29, 1.82) is 0 Å². The molecule has 1 fully saturated rings. The Hall–Kier alpha value is -2.11. The fourth-order valence-corrected chi connectivity index (χ4v) is 2.26. The van der Waals surface area contributed by atoms with Crippen LogP contribution in [-0.4, -0.2) is 28.9 Å². The van der Waals surface area contributed by atoms with Gasteiger partial charge < -0.3 is 10.2 Å². The molecule has 0 aliphatic carbocycles. The van der Waals surface area contributed by atoms with Gasteiger partial charge >= 0.3 is 6.03 Å². The van der Waals surface area contributed by atoms with E-state index >= 15 is 0 Å². The molecule has 1 heterocycles. The highest BCUT2D eigenvalue weighted by Gasteiger charge is 2.21. The molecule has 0 unspecified atom stereocenters. The number of rotatable bonds is 2. The Balaban J connectivity index is 2.07. The molecular weight excluding hydrogens is 258 g/mol. The largest absolute Gasteiger partial charge is 0.325 e. The highest BCUT2D eigenvalue weighted by molar-refractivity contribution is 5.90. The van der Waals surface area contributed by atoms with Gasteiger partial charge in [0.1, 0.15) is 0 Å². The lowest BCUT2D eigenvalue weighted by Gasteiger charge is -2.30. The van der Waals surface area contributed by atoms with E-state index in [2.05, 4.69) is 12.2 Å². The van der Waals surface area contributed by atoms with Crippen molar-refractivity contribution in [1.82, 2.24) is 4.90 Å². The number of piperidine rings is 1. The molecule has 0 spiro atoms. The van der Waals surface area contributed by atoms with Gasteiger partial charge in [-0.3, -0.25) is 10.1 Å². The standard InChI is InChI=1S/C14H19N3O3/c1-10-5-7-16(8-6-10)14(18)15-13-9-12(17(19)20)4-3-11(13)2/h3-4,9-10H,5-8H2,1-2H3,(H,15,18). The highest BCUT2D eigenvalue weighted by atomic mass is 16.6. The Morgan fingerprint density at radius 1 is 1.40 bits per heavy atom. The van der Waals surface area contributed by atoms with Crippen molar-refractivity contribution in [2.45, 2.75) is 26.7 Å². The van der Waals surface area contributed by atoms with E-state index in [1.54, 1.807) is 11.0 Å². The molecule has 1 aliphatic rings. The Labute approximate surface area is 117 Å². The Morgan fingerprint density at radius 3 is 2.65 bits per heavy atom. The molecule has 20 heavy (non-hydrogen) atoms. The summed E-state index contributed by atoms with van der Waals surface area (Å²) >= 11 is 0. The van der Waals surface area contributed by atoms with Gasteiger partial charge in [0.05, 0.1) is 10.6 Å². The van der Waals surface area contributed by atoms with Gasteiger partial charge in [0.15, 0.2) is 0 Å². The number of likely N-dealkylation sites (tertiary alicyclic amines) is 1. The molecule has 1 saturated heterocycles. The smallest absolute Gasteiger partial charge is 0.321 e. The third kappa shape index (κ3) is 3.26. The summed E-state index contributed by atoms with van der Waals surface area (Å²) in [7, 11) is 0. The molecule has 108 valence electrons. The first-order chi connectivity index (χ1) is 9.47. The number of hydrogen-bond donors (Lipinski definition) is 1. The summed E-state index contributed by atoms with van der Waals surface area (Å²) in [5.41, 5.74) is 1.30. The molecule has 1 aliphatic heterocycles. The van der Waals surface area contributed by atoms with E-state index in [0.717, 1.165) is 31.5 Å². The van der Waals surface area contributed by atoms with Crippen LogP contribution in [0.5, 0.6) is 0 Å². The first kappa shape index (κ1) is 14.3. The minimum atomic E-state index is -0.461. The number of nitrogens with zero attached hydrogens (tertiary/aromatic N) is 2. The van der Waals surface area contributed by atoms with E-state index < -0.39 is 4.92 Å². The summed E-state index contributed by atoms with van der Waals surface area (Å²) in [4.78, 5) is 24.2. The van der Waals surface area contributed by atoms with Crippen LogP contribution < -0.4 is 5.32 Å². The van der Waals surface area contributed by atoms with Crippen molar-refractivity contribution in [3.63, 3.8) is 0 Å². The number of amides is 2. The lowest BCUT2D eigenvalue weighted by molar-refractivity contribution is -0.384. The second-order valence-corrected chi connectivity index (χ2v) is 5.36. The second-order valence-electron chi connectivity index (χ2n) is 5.36. The van der Waals surface area contributed by atoms with E-state index in [-0.39, 0.29) is 11.7 Å². The third-order valence-corrected chi connectivity index (χ3v) is 3.74. The van der Waals surface area contributed by atoms with E-state index in [1.807, 2.05) is 6.92 Å². The van der Waals surface area contributed by atoms with Crippen LogP contribution in [0.1, 0.15) is 25.3 Å². The van der Waals surface area contributed by atoms with Gasteiger partial charge in [-0.05, 0) is 31.2 Å². The molecule has 6 heteroatoms. The third-order valence-electron chi connectivity index (χ3n) is 3.74. The molecule has 0 radical (unpaired) electrons. The molecule has 2 rings (SSSR count). The zero-order valence-corrected chi connectivity index (χ0v) is 11.8. The summed E-state index contributed by atoms with van der Waals surface area (Å²) in [6, 6.07) is 4.31. The Morgan fingerprint density at radius 2 is 2.05 bits per heavy atom. The predicted molar refractivity (Wildman–Crippen MR) is 76.8 cm³/mol. The van der Waals surface area contributed by atoms with Crippen LogP contribution in [0.4, 0.5) is 16.2 Å². The lowest BCUT2D eigenvalue weighted by atomic mass is 10.00. The zero-order valence-electron chi connectivity index (χ0n) is 11.8. The van der Waals surface area contributed by atoms with Crippen LogP contribution in [0, 0.1) is 23.0 Å². The van der Waals surface area contributed by atoms with Gasteiger partial charge in [0.25, 0.3) is 5.69 Å². The van der Waals surface area contributed by atoms with E-state index in [0.29, 0.717) is 11.6 Å². The zero-order chi connectivity index (χ0) is 14.7. The number of nitrogens with one attached hydrogen (secondary N) is 1. The lowest BCUT2D eigenvalue weighted by Crippen LogP contribution is -2.40. The van der Waals surface area contributed by atoms with E-state index in [9.17, 15) is 14.9 Å². The molecule has 0 bridgehead atoms. The highest BCUT2D eigenvalue weighted by Crippen LogP contribution is 2.23. The van der Waals surface area contributed by atoms with Gasteiger partial charge in [-0.2, -0.15) is 0 Å². The molecule has 1 N–H and O–H groups in total. The molecule has 0 atom stereocenters. The molecule has 2 amide bonds. The van der Waals surface area contributed by atoms with Crippen LogP contribution in [0.2, 0.25) is 0 Å². The number of anilines is 1. The minimum Gasteiger partial charge on any atom is -0.325 e. The summed E-state index contributed by atoms with van der Waals surface area (Å²) in [6.45, 7) is 5.47. The number of carbonyl (C=O) groups is 1. The van der Waals surface area contributed by atoms with E-state index in [4.69, 9.17) is 0 Å². The van der Waals surface area contributed by atoms with Crippen LogP contribution in [-0.2, 0) is 0 Å². The molecule has 0 saturated carbocycles. The monoisotopic (exact) mass is 277 g/mol. The van der Waals surface area contributed by atoms with Crippen molar-refractivity contribution in [3.05, 3.63) is 33.9 Å². The number of nitro groups is 1. The van der Waals surface area contributed by atoms with Gasteiger partial charge in [-0.25, -0.2) is 4.79 Å². The molecule has 0 aromatic heterocycles. The van der Waals surface area contributed by atoms with Crippen molar-refractivity contribution in [2.75, 3.05) is 18.4 Å². The number of urea groups is 1. The molecule has 1 aromatic rings. The van der Waals surface area contributed by atoms with E-state index in [1.165, 1.54) is 12.1 Å². The van der Waals surface area contributed by atoms with Crippen molar-refractivity contribution < 1.29 is 9.72 Å². The maximum absolute atomic E-state index is 12.2. The minimum absolute atomic E-state index is 0.0156. The number of benzene rings is 1. The normalized spacial score (nSPS) is 16.0. The average molecular weight is 277 g/mol. The van der Waals surface area contributed by atoms with Gasteiger partial charge in [0.2, 0.25) is 0 Å². The maximum Gasteiger partial charge on any atom is 0.321 e. The Kier molecular flexibility index (Phi) is 4.22. The predicted octanol–water partition coefficient (Wildman–Crippen LogP) is 3.17. The van der Waals surface area contributed by atoms with Crippen LogP contribution in [0.25, 0.3) is 0 Å². The summed E-state index contributed by atoms with van der Waals surface area (Å²) in [5, 5.41) is 13.5. The molecule has 6 nitrogen and oxygen atoms in total. The SMILES string of the molecule is Cc1ccc([N+](=O)[O-])cc1NC(=O)N1CCC(C)CC1. The number of hydrogen-bond acceptors (Lipinski definition) is 3. The fraction of sp³-hybridized carbons (Fsp3) is 0.500. The van der Waals surface area contributed by atoms with Crippen LogP contribution in [0.3, 0.4) is 0 Å². The fourth-order valence-electron chi connectivity index (χ4n) is 2.26.